The van der Waals surface area contributed by atoms with Crippen LogP contribution in [0.25, 0.3) is 0 Å². The van der Waals surface area contributed by atoms with Crippen LogP contribution >= 0.6 is 0 Å². The van der Waals surface area contributed by atoms with E-state index < -0.39 is 5.60 Å². The lowest BCUT2D eigenvalue weighted by Crippen LogP contribution is -2.54. The van der Waals surface area contributed by atoms with Crippen molar-refractivity contribution in [3.63, 3.8) is 0 Å². The number of rotatable bonds is 3. The molecule has 2 aliphatic rings. The summed E-state index contributed by atoms with van der Waals surface area (Å²) in [6, 6.07) is 10.4. The molecule has 0 aromatic heterocycles. The van der Waals surface area contributed by atoms with Crippen LogP contribution in [0.15, 0.2) is 30.3 Å². The summed E-state index contributed by atoms with van der Waals surface area (Å²) < 4.78 is 0. The summed E-state index contributed by atoms with van der Waals surface area (Å²) in [5, 5.41) is 14.2. The van der Waals surface area contributed by atoms with Crippen LogP contribution in [0.1, 0.15) is 44.9 Å². The highest BCUT2D eigenvalue weighted by atomic mass is 16.3. The smallest absolute Gasteiger partial charge is 0.254 e. The van der Waals surface area contributed by atoms with E-state index in [9.17, 15) is 9.90 Å². The first kappa shape index (κ1) is 15.3. The molecule has 1 amide bonds. The van der Waals surface area contributed by atoms with E-state index in [0.717, 1.165) is 44.3 Å². The molecule has 1 unspecified atom stereocenters. The topological polar surface area (TPSA) is 52.6 Å². The van der Waals surface area contributed by atoms with Crippen molar-refractivity contribution in [1.82, 2.24) is 4.90 Å². The van der Waals surface area contributed by atoms with E-state index in [4.69, 9.17) is 0 Å². The van der Waals surface area contributed by atoms with Crippen molar-refractivity contribution in [2.24, 2.45) is 0 Å². The number of likely N-dealkylation sites (tertiary alicyclic amines) is 1. The normalized spacial score (nSPS) is 24.8. The first-order valence-corrected chi connectivity index (χ1v) is 8.51. The Labute approximate surface area is 132 Å². The molecule has 1 heterocycles. The molecular weight excluding hydrogens is 276 g/mol. The fourth-order valence-electron chi connectivity index (χ4n) is 3.69. The Hall–Kier alpha value is -1.55. The minimum Gasteiger partial charge on any atom is -0.381 e. The molecule has 0 radical (unpaired) electrons. The monoisotopic (exact) mass is 302 g/mol. The summed E-state index contributed by atoms with van der Waals surface area (Å²) in [4.78, 5) is 14.6. The van der Waals surface area contributed by atoms with Gasteiger partial charge in [0, 0.05) is 24.8 Å². The van der Waals surface area contributed by atoms with Crippen molar-refractivity contribution in [3.05, 3.63) is 30.3 Å². The Morgan fingerprint density at radius 1 is 1.14 bits per heavy atom. The van der Waals surface area contributed by atoms with Crippen molar-refractivity contribution in [1.29, 1.82) is 0 Å². The summed E-state index contributed by atoms with van der Waals surface area (Å²) in [5.74, 6) is -0.0493. The van der Waals surface area contributed by atoms with Crippen molar-refractivity contribution >= 4 is 11.6 Å². The molecule has 1 aromatic carbocycles. The first-order valence-electron chi connectivity index (χ1n) is 8.51. The lowest BCUT2D eigenvalue weighted by atomic mass is 9.83. The van der Waals surface area contributed by atoms with E-state index in [1.54, 1.807) is 0 Å². The highest BCUT2D eigenvalue weighted by Gasteiger charge is 2.41. The number of nitrogens with zero attached hydrogens (tertiary/aromatic N) is 1. The second kappa shape index (κ2) is 6.69. The molecular formula is C18H26N2O2. The van der Waals surface area contributed by atoms with Gasteiger partial charge in [0.05, 0.1) is 0 Å². The molecule has 22 heavy (non-hydrogen) atoms. The van der Waals surface area contributed by atoms with E-state index >= 15 is 0 Å². The quantitative estimate of drug-likeness (QED) is 0.902. The largest absolute Gasteiger partial charge is 0.381 e. The van der Waals surface area contributed by atoms with Gasteiger partial charge in [0.2, 0.25) is 0 Å². The molecule has 3 rings (SSSR count). The van der Waals surface area contributed by atoms with Gasteiger partial charge in [-0.3, -0.25) is 4.79 Å². The molecule has 1 aliphatic heterocycles. The lowest BCUT2D eigenvalue weighted by molar-refractivity contribution is -0.155. The van der Waals surface area contributed by atoms with E-state index in [0.29, 0.717) is 19.4 Å². The maximum absolute atomic E-state index is 12.7. The van der Waals surface area contributed by atoms with Gasteiger partial charge in [-0.15, -0.1) is 0 Å². The van der Waals surface area contributed by atoms with E-state index in [2.05, 4.69) is 17.4 Å². The summed E-state index contributed by atoms with van der Waals surface area (Å²) in [7, 11) is 0. The first-order chi connectivity index (χ1) is 10.7. The third kappa shape index (κ3) is 3.43. The Morgan fingerprint density at radius 2 is 1.86 bits per heavy atom. The van der Waals surface area contributed by atoms with Gasteiger partial charge >= 0.3 is 0 Å². The molecule has 120 valence electrons. The van der Waals surface area contributed by atoms with Crippen molar-refractivity contribution < 1.29 is 9.90 Å². The molecule has 2 N–H and O–H groups in total. The number of carbonyl (C=O) groups is 1. The summed E-state index contributed by atoms with van der Waals surface area (Å²) in [6.07, 6.45) is 6.36. The number of piperidine rings is 1. The van der Waals surface area contributed by atoms with Gasteiger partial charge in [-0.25, -0.2) is 0 Å². The molecule has 2 fully saturated rings. The van der Waals surface area contributed by atoms with Crippen LogP contribution in [0.2, 0.25) is 0 Å². The highest BCUT2D eigenvalue weighted by molar-refractivity contribution is 5.85. The second-order valence-corrected chi connectivity index (χ2v) is 6.69. The fourth-order valence-corrected chi connectivity index (χ4v) is 3.69. The average molecular weight is 302 g/mol. The lowest BCUT2D eigenvalue weighted by Gasteiger charge is -2.40. The standard InChI is InChI=1S/C18H26N2O2/c21-17(18(22)11-5-2-6-12-18)20-13-7-10-16(14-20)19-15-8-3-1-4-9-15/h1,3-4,8-9,16,19,22H,2,5-7,10-14H2. The van der Waals surface area contributed by atoms with Crippen LogP contribution < -0.4 is 5.32 Å². The predicted octanol–water partition coefficient (Wildman–Crippen LogP) is 2.78. The van der Waals surface area contributed by atoms with Gasteiger partial charge in [0.25, 0.3) is 5.91 Å². The molecule has 4 heteroatoms. The van der Waals surface area contributed by atoms with Crippen LogP contribution in [0.3, 0.4) is 0 Å². The van der Waals surface area contributed by atoms with Crippen LogP contribution in [0.4, 0.5) is 5.69 Å². The summed E-state index contributed by atoms with van der Waals surface area (Å²) in [6.45, 7) is 1.46. The molecule has 0 bridgehead atoms. The van der Waals surface area contributed by atoms with Gasteiger partial charge in [-0.2, -0.15) is 0 Å². The molecule has 4 nitrogen and oxygen atoms in total. The number of para-hydroxylation sites is 1. The minimum atomic E-state index is -1.10. The third-order valence-electron chi connectivity index (χ3n) is 4.93. The van der Waals surface area contributed by atoms with Crippen LogP contribution in [-0.2, 0) is 4.79 Å². The molecule has 1 aliphatic carbocycles. The van der Waals surface area contributed by atoms with Gasteiger partial charge in [0.1, 0.15) is 5.60 Å². The summed E-state index contributed by atoms with van der Waals surface area (Å²) >= 11 is 0. The Morgan fingerprint density at radius 3 is 2.59 bits per heavy atom. The zero-order valence-electron chi connectivity index (χ0n) is 13.1. The molecule has 1 saturated heterocycles. The number of nitrogens with one attached hydrogen (secondary N) is 1. The Kier molecular flexibility index (Phi) is 4.67. The zero-order valence-corrected chi connectivity index (χ0v) is 13.1. The number of carbonyl (C=O) groups excluding carboxylic acids is 1. The third-order valence-corrected chi connectivity index (χ3v) is 4.93. The summed E-state index contributed by atoms with van der Waals surface area (Å²) in [5.41, 5.74) is -0.00874. The average Bonchev–Trinajstić information content (AvgIpc) is 2.56. The van der Waals surface area contributed by atoms with Crippen LogP contribution in [-0.4, -0.2) is 40.6 Å². The maximum atomic E-state index is 12.7. The number of anilines is 1. The number of amides is 1. The van der Waals surface area contributed by atoms with Gasteiger partial charge in [-0.1, -0.05) is 37.5 Å². The maximum Gasteiger partial charge on any atom is 0.254 e. The van der Waals surface area contributed by atoms with Crippen molar-refractivity contribution in [2.45, 2.75) is 56.6 Å². The Bertz CT molecular complexity index is 497. The van der Waals surface area contributed by atoms with E-state index in [1.165, 1.54) is 0 Å². The predicted molar refractivity (Wildman–Crippen MR) is 87.7 cm³/mol. The number of hydrogen-bond donors (Lipinski definition) is 2. The zero-order chi connectivity index (χ0) is 15.4. The van der Waals surface area contributed by atoms with E-state index in [1.807, 2.05) is 23.1 Å². The molecule has 1 atom stereocenters. The molecule has 0 spiro atoms. The van der Waals surface area contributed by atoms with Crippen molar-refractivity contribution in [2.75, 3.05) is 18.4 Å². The van der Waals surface area contributed by atoms with Crippen LogP contribution in [0.5, 0.6) is 0 Å². The highest BCUT2D eigenvalue weighted by Crippen LogP contribution is 2.31. The van der Waals surface area contributed by atoms with Crippen LogP contribution in [0, 0.1) is 0 Å². The molecule has 1 saturated carbocycles. The SMILES string of the molecule is O=C(N1CCCC(Nc2ccccc2)C1)C1(O)CCCCC1. The number of aliphatic hydroxyl groups is 1. The number of hydrogen-bond acceptors (Lipinski definition) is 3. The van der Waals surface area contributed by atoms with Crippen molar-refractivity contribution in [3.8, 4) is 0 Å². The van der Waals surface area contributed by atoms with Gasteiger partial charge < -0.3 is 15.3 Å². The Balaban J connectivity index is 1.61. The molecule has 1 aromatic rings. The van der Waals surface area contributed by atoms with E-state index in [-0.39, 0.29) is 11.9 Å². The number of benzene rings is 1. The fraction of sp³-hybridized carbons (Fsp3) is 0.611. The second-order valence-electron chi connectivity index (χ2n) is 6.69. The minimum absolute atomic E-state index is 0.0493. The van der Waals surface area contributed by atoms with Gasteiger partial charge in [-0.05, 0) is 37.8 Å². The van der Waals surface area contributed by atoms with Gasteiger partial charge in [0.15, 0.2) is 0 Å².